The molecule has 30 heavy (non-hydrogen) atoms. The van der Waals surface area contributed by atoms with Crippen molar-refractivity contribution in [3.05, 3.63) is 87.4 Å². The normalized spacial score (nSPS) is 14.6. The van der Waals surface area contributed by atoms with Gasteiger partial charge in [-0.1, -0.05) is 15.9 Å². The van der Waals surface area contributed by atoms with E-state index in [0.29, 0.717) is 11.5 Å². The third kappa shape index (κ3) is 2.81. The fourth-order valence-corrected chi connectivity index (χ4v) is 3.72. The van der Waals surface area contributed by atoms with Gasteiger partial charge in [0.1, 0.15) is 11.5 Å². The molecule has 0 saturated heterocycles. The highest BCUT2D eigenvalue weighted by Gasteiger charge is 2.38. The Kier molecular flexibility index (Phi) is 4.04. The number of amides is 4. The highest BCUT2D eigenvalue weighted by molar-refractivity contribution is 9.10. The number of halogens is 1. The van der Waals surface area contributed by atoms with E-state index in [9.17, 15) is 19.2 Å². The summed E-state index contributed by atoms with van der Waals surface area (Å²) in [5.74, 6) is -1.09. The molecule has 0 aromatic heterocycles. The Morgan fingerprint density at radius 2 is 1.30 bits per heavy atom. The molecule has 2 aliphatic heterocycles. The van der Waals surface area contributed by atoms with E-state index in [1.54, 1.807) is 18.2 Å². The SMILES string of the molecule is O=C1NC(=O)c2cc(N3C(=O)c4ccc(Oc5ccc(Br)cc5)cc4C3=O)ccc21. The zero-order chi connectivity index (χ0) is 21.0. The fourth-order valence-electron chi connectivity index (χ4n) is 3.45. The Labute approximate surface area is 178 Å². The van der Waals surface area contributed by atoms with Crippen LogP contribution >= 0.6 is 15.9 Å². The van der Waals surface area contributed by atoms with E-state index in [2.05, 4.69) is 21.2 Å². The molecule has 0 fully saturated rings. The smallest absolute Gasteiger partial charge is 0.266 e. The van der Waals surface area contributed by atoms with E-state index >= 15 is 0 Å². The highest BCUT2D eigenvalue weighted by atomic mass is 79.9. The van der Waals surface area contributed by atoms with Crippen LogP contribution in [-0.2, 0) is 0 Å². The van der Waals surface area contributed by atoms with Gasteiger partial charge in [0.05, 0.1) is 27.9 Å². The lowest BCUT2D eigenvalue weighted by Gasteiger charge is -2.14. The second-order valence-corrected chi connectivity index (χ2v) is 7.64. The third-order valence-corrected chi connectivity index (χ3v) is 5.41. The molecule has 0 bridgehead atoms. The van der Waals surface area contributed by atoms with Crippen molar-refractivity contribution in [3.63, 3.8) is 0 Å². The van der Waals surface area contributed by atoms with Crippen molar-refractivity contribution in [1.29, 1.82) is 0 Å². The van der Waals surface area contributed by atoms with Crippen LogP contribution in [0.25, 0.3) is 0 Å². The van der Waals surface area contributed by atoms with Crippen LogP contribution in [0.4, 0.5) is 5.69 Å². The molecule has 4 amide bonds. The molecule has 3 aromatic carbocycles. The van der Waals surface area contributed by atoms with E-state index in [1.165, 1.54) is 30.3 Å². The molecule has 3 aromatic rings. The number of benzene rings is 3. The third-order valence-electron chi connectivity index (χ3n) is 4.89. The van der Waals surface area contributed by atoms with Crippen molar-refractivity contribution in [2.75, 3.05) is 4.90 Å². The van der Waals surface area contributed by atoms with Crippen molar-refractivity contribution in [1.82, 2.24) is 5.32 Å². The number of anilines is 1. The van der Waals surface area contributed by atoms with Crippen LogP contribution in [0.3, 0.4) is 0 Å². The van der Waals surface area contributed by atoms with Gasteiger partial charge in [-0.15, -0.1) is 0 Å². The molecule has 7 nitrogen and oxygen atoms in total. The lowest BCUT2D eigenvalue weighted by Crippen LogP contribution is -2.29. The van der Waals surface area contributed by atoms with Gasteiger partial charge in [0.2, 0.25) is 0 Å². The van der Waals surface area contributed by atoms with E-state index < -0.39 is 23.6 Å². The van der Waals surface area contributed by atoms with Gasteiger partial charge in [0.15, 0.2) is 0 Å². The minimum Gasteiger partial charge on any atom is -0.457 e. The number of hydrogen-bond acceptors (Lipinski definition) is 5. The summed E-state index contributed by atoms with van der Waals surface area (Å²) in [5.41, 5.74) is 1.01. The van der Waals surface area contributed by atoms with Gasteiger partial charge in [0.25, 0.3) is 23.6 Å². The van der Waals surface area contributed by atoms with E-state index in [-0.39, 0.29) is 27.9 Å². The first-order valence-corrected chi connectivity index (χ1v) is 9.67. The van der Waals surface area contributed by atoms with Crippen LogP contribution in [0, 0.1) is 0 Å². The maximum absolute atomic E-state index is 13.0. The molecule has 0 atom stereocenters. The Morgan fingerprint density at radius 3 is 2.07 bits per heavy atom. The number of carbonyl (C=O) groups is 4. The number of hydrogen-bond donors (Lipinski definition) is 1. The molecule has 0 saturated carbocycles. The van der Waals surface area contributed by atoms with E-state index in [4.69, 9.17) is 4.74 Å². The van der Waals surface area contributed by atoms with Crippen molar-refractivity contribution in [3.8, 4) is 11.5 Å². The fraction of sp³-hybridized carbons (Fsp3) is 0. The average Bonchev–Trinajstić information content (AvgIpc) is 3.16. The summed E-state index contributed by atoms with van der Waals surface area (Å²) >= 11 is 3.35. The predicted octanol–water partition coefficient (Wildman–Crippen LogP) is 3.93. The molecule has 0 aliphatic carbocycles. The van der Waals surface area contributed by atoms with Gasteiger partial charge >= 0.3 is 0 Å². The zero-order valence-electron chi connectivity index (χ0n) is 15.1. The van der Waals surface area contributed by atoms with Gasteiger partial charge in [-0.25, -0.2) is 4.90 Å². The lowest BCUT2D eigenvalue weighted by atomic mass is 10.1. The van der Waals surface area contributed by atoms with Gasteiger partial charge in [-0.2, -0.15) is 0 Å². The van der Waals surface area contributed by atoms with Gasteiger partial charge in [0, 0.05) is 4.47 Å². The number of ether oxygens (including phenoxy) is 1. The average molecular weight is 463 g/mol. The molecule has 8 heteroatoms. The quantitative estimate of drug-likeness (QED) is 0.595. The zero-order valence-corrected chi connectivity index (χ0v) is 16.7. The summed E-state index contributed by atoms with van der Waals surface area (Å²) in [6.07, 6.45) is 0. The van der Waals surface area contributed by atoms with E-state index in [1.807, 2.05) is 12.1 Å². The molecule has 0 spiro atoms. The maximum atomic E-state index is 13.0. The van der Waals surface area contributed by atoms with Crippen molar-refractivity contribution >= 4 is 45.2 Å². The predicted molar refractivity (Wildman–Crippen MR) is 110 cm³/mol. The summed E-state index contributed by atoms with van der Waals surface area (Å²) in [4.78, 5) is 50.5. The molecule has 1 N–H and O–H groups in total. The van der Waals surface area contributed by atoms with E-state index in [0.717, 1.165) is 9.37 Å². The standard InChI is InChI=1S/C22H11BrN2O5/c23-11-1-4-13(5-2-11)30-14-6-8-16-18(10-14)22(29)25(21(16)28)12-3-7-15-17(9-12)20(27)24-19(15)26/h1-10H,(H,24,26,27). The minimum atomic E-state index is -0.557. The van der Waals surface area contributed by atoms with Crippen LogP contribution in [0.5, 0.6) is 11.5 Å². The molecule has 2 heterocycles. The second-order valence-electron chi connectivity index (χ2n) is 6.72. The number of imide groups is 2. The van der Waals surface area contributed by atoms with Gasteiger partial charge in [-0.05, 0) is 60.7 Å². The molecule has 0 unspecified atom stereocenters. The van der Waals surface area contributed by atoms with Crippen molar-refractivity contribution < 1.29 is 23.9 Å². The Morgan fingerprint density at radius 1 is 0.667 bits per heavy atom. The lowest BCUT2D eigenvalue weighted by molar-refractivity contribution is 0.0873. The molecule has 146 valence electrons. The highest BCUT2D eigenvalue weighted by Crippen LogP contribution is 2.34. The molecule has 0 radical (unpaired) electrons. The van der Waals surface area contributed by atoms with Crippen LogP contribution in [-0.4, -0.2) is 23.6 Å². The Bertz CT molecular complexity index is 1280. The first-order chi connectivity index (χ1) is 14.4. The summed E-state index contributed by atoms with van der Waals surface area (Å²) < 4.78 is 6.68. The summed E-state index contributed by atoms with van der Waals surface area (Å²) in [7, 11) is 0. The number of nitrogens with one attached hydrogen (secondary N) is 1. The summed E-state index contributed by atoms with van der Waals surface area (Å²) in [6.45, 7) is 0. The van der Waals surface area contributed by atoms with Crippen LogP contribution < -0.4 is 15.0 Å². The number of fused-ring (bicyclic) bond motifs is 2. The van der Waals surface area contributed by atoms with Crippen molar-refractivity contribution in [2.24, 2.45) is 0 Å². The topological polar surface area (TPSA) is 92.8 Å². The number of nitrogens with zero attached hydrogens (tertiary/aromatic N) is 1. The van der Waals surface area contributed by atoms with Crippen LogP contribution in [0.2, 0.25) is 0 Å². The molecule has 5 rings (SSSR count). The largest absolute Gasteiger partial charge is 0.457 e. The molecular weight excluding hydrogens is 452 g/mol. The van der Waals surface area contributed by atoms with Crippen molar-refractivity contribution in [2.45, 2.75) is 0 Å². The number of carbonyl (C=O) groups excluding carboxylic acids is 4. The van der Waals surface area contributed by atoms with Crippen LogP contribution in [0.1, 0.15) is 41.4 Å². The molecule has 2 aliphatic rings. The minimum absolute atomic E-state index is 0.133. The van der Waals surface area contributed by atoms with Gasteiger partial charge < -0.3 is 4.74 Å². The summed E-state index contributed by atoms with van der Waals surface area (Å²) in [5, 5.41) is 2.19. The summed E-state index contributed by atoms with van der Waals surface area (Å²) in [6, 6.07) is 16.1. The maximum Gasteiger partial charge on any atom is 0.266 e. The Balaban J connectivity index is 1.48. The first kappa shape index (κ1) is 18.3. The first-order valence-electron chi connectivity index (χ1n) is 8.88. The Hall–Kier alpha value is -3.78. The van der Waals surface area contributed by atoms with Crippen LogP contribution in [0.15, 0.2) is 65.1 Å². The van der Waals surface area contributed by atoms with Gasteiger partial charge in [-0.3, -0.25) is 24.5 Å². The second kappa shape index (κ2) is 6.64. The molecular formula is C22H11BrN2O5. The number of rotatable bonds is 3. The monoisotopic (exact) mass is 462 g/mol.